The third kappa shape index (κ3) is 2.34. The monoisotopic (exact) mass is 329 g/mol. The Morgan fingerprint density at radius 1 is 1.08 bits per heavy atom. The highest BCUT2D eigenvalue weighted by Gasteiger charge is 2.33. The van der Waals surface area contributed by atoms with E-state index >= 15 is 0 Å². The lowest BCUT2D eigenvalue weighted by Crippen LogP contribution is -2.04. The molecule has 0 fully saturated rings. The second-order valence-electron chi connectivity index (χ2n) is 5.49. The van der Waals surface area contributed by atoms with Gasteiger partial charge >= 0.3 is 6.18 Å². The Bertz CT molecular complexity index is 1000. The van der Waals surface area contributed by atoms with Gasteiger partial charge in [-0.1, -0.05) is 12.1 Å². The summed E-state index contributed by atoms with van der Waals surface area (Å²) in [6.45, 7) is 0. The van der Waals surface area contributed by atoms with Crippen molar-refractivity contribution < 1.29 is 18.0 Å². The number of fused-ring (bicyclic) bond motifs is 2. The maximum atomic E-state index is 12.9. The molecule has 24 heavy (non-hydrogen) atoms. The summed E-state index contributed by atoms with van der Waals surface area (Å²) in [4.78, 5) is 12.1. The molecule has 4 nitrogen and oxygen atoms in total. The van der Waals surface area contributed by atoms with Crippen LogP contribution < -0.4 is 5.32 Å². The average molecular weight is 329 g/mol. The molecule has 7 heteroatoms. The van der Waals surface area contributed by atoms with E-state index in [2.05, 4.69) is 15.5 Å². The van der Waals surface area contributed by atoms with Crippen molar-refractivity contribution in [1.82, 2.24) is 10.2 Å². The number of hydrogen-bond acceptors (Lipinski definition) is 2. The Morgan fingerprint density at radius 2 is 1.92 bits per heavy atom. The van der Waals surface area contributed by atoms with Gasteiger partial charge in [0, 0.05) is 22.2 Å². The Hall–Kier alpha value is -3.09. The Morgan fingerprint density at radius 3 is 2.71 bits per heavy atom. The third-order valence-corrected chi connectivity index (χ3v) is 3.91. The van der Waals surface area contributed by atoms with E-state index in [-0.39, 0.29) is 11.1 Å². The van der Waals surface area contributed by atoms with E-state index in [1.807, 2.05) is 6.07 Å². The van der Waals surface area contributed by atoms with Crippen molar-refractivity contribution in [2.45, 2.75) is 6.18 Å². The number of hydrogen-bond donors (Lipinski definition) is 2. The minimum Gasteiger partial charge on any atom is -0.321 e. The fourth-order valence-electron chi connectivity index (χ4n) is 2.72. The number of rotatable bonds is 1. The van der Waals surface area contributed by atoms with Crippen LogP contribution in [0.5, 0.6) is 0 Å². The van der Waals surface area contributed by atoms with Crippen LogP contribution in [0.2, 0.25) is 0 Å². The summed E-state index contributed by atoms with van der Waals surface area (Å²) in [5.74, 6) is -0.422. The van der Waals surface area contributed by atoms with Crippen LogP contribution in [0.3, 0.4) is 0 Å². The number of nitrogens with one attached hydrogen (secondary N) is 2. The summed E-state index contributed by atoms with van der Waals surface area (Å²) in [7, 11) is 0. The van der Waals surface area contributed by atoms with Crippen molar-refractivity contribution in [2.75, 3.05) is 5.32 Å². The van der Waals surface area contributed by atoms with Gasteiger partial charge in [0.2, 0.25) is 0 Å². The van der Waals surface area contributed by atoms with Crippen LogP contribution in [0.4, 0.5) is 18.9 Å². The molecule has 1 aliphatic heterocycles. The number of nitrogens with zero attached hydrogens (tertiary/aromatic N) is 1. The number of amides is 1. The predicted octanol–water partition coefficient (Wildman–Crippen LogP) is 4.07. The topological polar surface area (TPSA) is 57.8 Å². The van der Waals surface area contributed by atoms with Crippen molar-refractivity contribution in [2.24, 2.45) is 0 Å². The standard InChI is InChI=1S/C17H10F3N3O/c18-17(19,20)11-3-4-14-12(7-11)13(16(24)22-14)5-9-1-2-10-8-21-23-15(10)6-9/h1-8H,(H,21,23)(H,22,24)/b13-5-. The molecule has 0 saturated heterocycles. The summed E-state index contributed by atoms with van der Waals surface area (Å²) in [6.07, 6.45) is -1.22. The van der Waals surface area contributed by atoms with Crippen LogP contribution in [0.25, 0.3) is 22.6 Å². The second-order valence-corrected chi connectivity index (χ2v) is 5.49. The highest BCUT2D eigenvalue weighted by atomic mass is 19.4. The van der Waals surface area contributed by atoms with E-state index in [0.29, 0.717) is 11.3 Å². The lowest BCUT2D eigenvalue weighted by atomic mass is 10.0. The summed E-state index contributed by atoms with van der Waals surface area (Å²) in [6, 6.07) is 8.62. The number of benzene rings is 2. The van der Waals surface area contributed by atoms with Gasteiger partial charge in [0.1, 0.15) is 0 Å². The molecular formula is C17H10F3N3O. The normalized spacial score (nSPS) is 15.8. The van der Waals surface area contributed by atoms with E-state index in [0.717, 1.165) is 23.0 Å². The van der Waals surface area contributed by atoms with Crippen molar-refractivity contribution in [3.63, 3.8) is 0 Å². The summed E-state index contributed by atoms with van der Waals surface area (Å²) in [5, 5.41) is 10.2. The first-order valence-corrected chi connectivity index (χ1v) is 7.09. The van der Waals surface area contributed by atoms with Crippen molar-refractivity contribution >= 4 is 34.1 Å². The molecule has 1 amide bonds. The fourth-order valence-corrected chi connectivity index (χ4v) is 2.72. The first-order chi connectivity index (χ1) is 11.4. The number of aromatic nitrogens is 2. The quantitative estimate of drug-likeness (QED) is 0.661. The Labute approximate surface area is 134 Å². The zero-order chi connectivity index (χ0) is 16.9. The molecule has 3 aromatic rings. The van der Waals surface area contributed by atoms with Gasteiger partial charge in [-0.05, 0) is 35.9 Å². The first-order valence-electron chi connectivity index (χ1n) is 7.09. The first kappa shape index (κ1) is 14.5. The molecule has 2 aromatic carbocycles. The number of aromatic amines is 1. The van der Waals surface area contributed by atoms with Crippen LogP contribution in [-0.2, 0) is 11.0 Å². The van der Waals surface area contributed by atoms with Crippen molar-refractivity contribution in [3.05, 3.63) is 59.3 Å². The largest absolute Gasteiger partial charge is 0.416 e. The molecule has 2 N–H and O–H groups in total. The average Bonchev–Trinajstić information content (AvgIpc) is 3.10. The lowest BCUT2D eigenvalue weighted by molar-refractivity contribution is -0.137. The van der Waals surface area contributed by atoms with Gasteiger partial charge in [-0.25, -0.2) is 0 Å². The smallest absolute Gasteiger partial charge is 0.321 e. The third-order valence-electron chi connectivity index (χ3n) is 3.91. The highest BCUT2D eigenvalue weighted by Crippen LogP contribution is 2.38. The second kappa shape index (κ2) is 4.95. The van der Waals surface area contributed by atoms with Gasteiger partial charge in [-0.15, -0.1) is 0 Å². The molecule has 0 atom stereocenters. The molecule has 0 radical (unpaired) electrons. The van der Waals surface area contributed by atoms with Crippen LogP contribution in [-0.4, -0.2) is 16.1 Å². The molecule has 120 valence electrons. The number of halogens is 3. The van der Waals surface area contributed by atoms with E-state index in [1.165, 1.54) is 6.07 Å². The number of anilines is 1. The molecule has 0 bridgehead atoms. The molecule has 0 spiro atoms. The number of carbonyl (C=O) groups excluding carboxylic acids is 1. The maximum absolute atomic E-state index is 12.9. The minimum absolute atomic E-state index is 0.204. The maximum Gasteiger partial charge on any atom is 0.416 e. The van der Waals surface area contributed by atoms with Crippen molar-refractivity contribution in [1.29, 1.82) is 0 Å². The SMILES string of the molecule is O=C1Nc2ccc(C(F)(F)F)cc2/C1=C/c1ccc2cn[nH]c2c1. The predicted molar refractivity (Wildman–Crippen MR) is 84.0 cm³/mol. The molecule has 0 unspecified atom stereocenters. The lowest BCUT2D eigenvalue weighted by Gasteiger charge is -2.08. The Balaban J connectivity index is 1.83. The summed E-state index contributed by atoms with van der Waals surface area (Å²) >= 11 is 0. The fraction of sp³-hybridized carbons (Fsp3) is 0.0588. The summed E-state index contributed by atoms with van der Waals surface area (Å²) in [5.41, 5.74) is 1.53. The van der Waals surface area contributed by atoms with E-state index in [1.54, 1.807) is 24.4 Å². The van der Waals surface area contributed by atoms with E-state index in [4.69, 9.17) is 0 Å². The van der Waals surface area contributed by atoms with Crippen molar-refractivity contribution in [3.8, 4) is 0 Å². The van der Waals surface area contributed by atoms with Gasteiger partial charge in [0.25, 0.3) is 5.91 Å². The van der Waals surface area contributed by atoms with Gasteiger partial charge in [-0.2, -0.15) is 18.3 Å². The van der Waals surface area contributed by atoms with E-state index in [9.17, 15) is 18.0 Å². The number of alkyl halides is 3. The highest BCUT2D eigenvalue weighted by molar-refractivity contribution is 6.35. The molecule has 1 aromatic heterocycles. The zero-order valence-corrected chi connectivity index (χ0v) is 12.1. The van der Waals surface area contributed by atoms with Crippen LogP contribution in [0, 0.1) is 0 Å². The summed E-state index contributed by atoms with van der Waals surface area (Å²) < 4.78 is 38.7. The van der Waals surface area contributed by atoms with Crippen LogP contribution >= 0.6 is 0 Å². The molecule has 0 saturated carbocycles. The van der Waals surface area contributed by atoms with Gasteiger partial charge < -0.3 is 5.32 Å². The van der Waals surface area contributed by atoms with E-state index < -0.39 is 17.6 Å². The molecular weight excluding hydrogens is 319 g/mol. The molecule has 4 rings (SSSR count). The van der Waals surface area contributed by atoms with Crippen LogP contribution in [0.15, 0.2) is 42.6 Å². The molecule has 1 aliphatic rings. The van der Waals surface area contributed by atoms with Crippen LogP contribution in [0.1, 0.15) is 16.7 Å². The Kier molecular flexibility index (Phi) is 2.99. The number of H-pyrrole nitrogens is 1. The van der Waals surface area contributed by atoms with Gasteiger partial charge in [-0.3, -0.25) is 9.89 Å². The van der Waals surface area contributed by atoms with Gasteiger partial charge in [0.05, 0.1) is 17.3 Å². The molecule has 0 aliphatic carbocycles. The van der Waals surface area contributed by atoms with Gasteiger partial charge in [0.15, 0.2) is 0 Å². The zero-order valence-electron chi connectivity index (χ0n) is 12.1. The molecule has 2 heterocycles. The minimum atomic E-state index is -4.46. The number of carbonyl (C=O) groups is 1.